The molecule has 1 atom stereocenters. The number of rotatable bonds is 4. The zero-order valence-corrected chi connectivity index (χ0v) is 10.9. The molecule has 1 rings (SSSR count). The molecule has 0 saturated carbocycles. The first-order valence-electron chi connectivity index (χ1n) is 5.74. The van der Waals surface area contributed by atoms with Gasteiger partial charge >= 0.3 is 0 Å². The van der Waals surface area contributed by atoms with Crippen molar-refractivity contribution in [3.63, 3.8) is 0 Å². The molecule has 1 heterocycles. The van der Waals surface area contributed by atoms with E-state index in [0.29, 0.717) is 6.61 Å². The Morgan fingerprint density at radius 2 is 2.00 bits per heavy atom. The standard InChI is InChI=1S/C11H17NO2.C2H6/c1-9(11(2,3)13)14-8-10-6-4-5-7-12-10;1-2/h4-7,9,13H,8H2,1-3H3;1-2H3/t9-;/m0./s1. The first-order valence-corrected chi connectivity index (χ1v) is 5.74. The number of aromatic nitrogens is 1. The monoisotopic (exact) mass is 225 g/mol. The summed E-state index contributed by atoms with van der Waals surface area (Å²) in [5.41, 5.74) is 0.0676. The molecule has 1 aromatic heterocycles. The van der Waals surface area contributed by atoms with Crippen molar-refractivity contribution in [3.8, 4) is 0 Å². The van der Waals surface area contributed by atoms with Gasteiger partial charge in [-0.2, -0.15) is 0 Å². The van der Waals surface area contributed by atoms with Gasteiger partial charge in [0.25, 0.3) is 0 Å². The van der Waals surface area contributed by atoms with Crippen molar-refractivity contribution in [3.05, 3.63) is 30.1 Å². The maximum absolute atomic E-state index is 9.62. The summed E-state index contributed by atoms with van der Waals surface area (Å²) in [5, 5.41) is 9.62. The van der Waals surface area contributed by atoms with Crippen molar-refractivity contribution in [2.45, 2.75) is 52.9 Å². The van der Waals surface area contributed by atoms with Gasteiger partial charge in [0.2, 0.25) is 0 Å². The van der Waals surface area contributed by atoms with Crippen LogP contribution < -0.4 is 0 Å². The maximum atomic E-state index is 9.62. The molecule has 3 nitrogen and oxygen atoms in total. The van der Waals surface area contributed by atoms with Crippen LogP contribution in [-0.4, -0.2) is 21.8 Å². The Kier molecular flexibility index (Phi) is 6.93. The van der Waals surface area contributed by atoms with Crippen LogP contribution in [0.5, 0.6) is 0 Å². The van der Waals surface area contributed by atoms with Crippen molar-refractivity contribution >= 4 is 0 Å². The van der Waals surface area contributed by atoms with E-state index in [1.54, 1.807) is 20.0 Å². The van der Waals surface area contributed by atoms with Gasteiger partial charge in [0.1, 0.15) is 0 Å². The third kappa shape index (κ3) is 5.83. The van der Waals surface area contributed by atoms with Gasteiger partial charge in [-0.25, -0.2) is 0 Å². The molecule has 0 radical (unpaired) electrons. The summed E-state index contributed by atoms with van der Waals surface area (Å²) in [6, 6.07) is 5.68. The molecule has 0 fully saturated rings. The molecule has 0 aliphatic rings. The van der Waals surface area contributed by atoms with E-state index in [1.807, 2.05) is 39.0 Å². The van der Waals surface area contributed by atoms with Crippen LogP contribution in [-0.2, 0) is 11.3 Å². The van der Waals surface area contributed by atoms with E-state index in [9.17, 15) is 5.11 Å². The van der Waals surface area contributed by atoms with Gasteiger partial charge in [0.15, 0.2) is 0 Å². The van der Waals surface area contributed by atoms with Gasteiger partial charge < -0.3 is 9.84 Å². The summed E-state index contributed by atoms with van der Waals surface area (Å²) < 4.78 is 5.48. The largest absolute Gasteiger partial charge is 0.388 e. The summed E-state index contributed by atoms with van der Waals surface area (Å²) in [7, 11) is 0. The molecule has 0 unspecified atom stereocenters. The lowest BCUT2D eigenvalue weighted by Gasteiger charge is -2.25. The Bertz CT molecular complexity index is 267. The molecule has 3 heteroatoms. The van der Waals surface area contributed by atoms with Crippen molar-refractivity contribution in [2.75, 3.05) is 0 Å². The fourth-order valence-corrected chi connectivity index (χ4v) is 0.898. The average Bonchev–Trinajstić information content (AvgIpc) is 2.28. The summed E-state index contributed by atoms with van der Waals surface area (Å²) in [4.78, 5) is 4.13. The molecular formula is C13H23NO2. The van der Waals surface area contributed by atoms with Crippen LogP contribution in [0.3, 0.4) is 0 Å². The van der Waals surface area contributed by atoms with Gasteiger partial charge in [-0.15, -0.1) is 0 Å². The zero-order valence-electron chi connectivity index (χ0n) is 10.9. The highest BCUT2D eigenvalue weighted by Gasteiger charge is 2.22. The second kappa shape index (κ2) is 7.36. The Labute approximate surface area is 98.5 Å². The molecule has 0 saturated heterocycles. The van der Waals surface area contributed by atoms with Crippen molar-refractivity contribution in [1.29, 1.82) is 0 Å². The van der Waals surface area contributed by atoms with Crippen molar-refractivity contribution < 1.29 is 9.84 Å². The number of pyridine rings is 1. The minimum atomic E-state index is -0.811. The van der Waals surface area contributed by atoms with Crippen LogP contribution in [0.4, 0.5) is 0 Å². The van der Waals surface area contributed by atoms with Crippen molar-refractivity contribution in [1.82, 2.24) is 4.98 Å². The van der Waals surface area contributed by atoms with E-state index < -0.39 is 5.60 Å². The van der Waals surface area contributed by atoms with Crippen LogP contribution in [0.2, 0.25) is 0 Å². The lowest BCUT2D eigenvalue weighted by atomic mass is 10.0. The number of ether oxygens (including phenoxy) is 1. The van der Waals surface area contributed by atoms with E-state index >= 15 is 0 Å². The number of hydrogen-bond acceptors (Lipinski definition) is 3. The summed E-state index contributed by atoms with van der Waals surface area (Å²) in [6.07, 6.45) is 1.53. The number of aliphatic hydroxyl groups is 1. The molecule has 0 aromatic carbocycles. The van der Waals surface area contributed by atoms with Gasteiger partial charge in [-0.3, -0.25) is 4.98 Å². The molecule has 92 valence electrons. The number of nitrogens with zero attached hydrogens (tertiary/aromatic N) is 1. The molecule has 1 aromatic rings. The van der Waals surface area contributed by atoms with Gasteiger partial charge in [0, 0.05) is 6.20 Å². The molecule has 0 aliphatic carbocycles. The first-order chi connectivity index (χ1) is 7.50. The Balaban J connectivity index is 0.00000106. The fraction of sp³-hybridized carbons (Fsp3) is 0.615. The van der Waals surface area contributed by atoms with E-state index in [1.165, 1.54) is 0 Å². The third-order valence-corrected chi connectivity index (χ3v) is 2.20. The zero-order chi connectivity index (χ0) is 12.6. The predicted octanol–water partition coefficient (Wildman–Crippen LogP) is 2.78. The Hall–Kier alpha value is -0.930. The normalized spacial score (nSPS) is 12.6. The van der Waals surface area contributed by atoms with Gasteiger partial charge in [-0.05, 0) is 32.9 Å². The van der Waals surface area contributed by atoms with E-state index in [0.717, 1.165) is 5.69 Å². The van der Waals surface area contributed by atoms with Gasteiger partial charge in [-0.1, -0.05) is 19.9 Å². The Morgan fingerprint density at radius 1 is 1.38 bits per heavy atom. The van der Waals surface area contributed by atoms with Crippen LogP contribution in [0.15, 0.2) is 24.4 Å². The van der Waals surface area contributed by atoms with Crippen LogP contribution in [0.1, 0.15) is 40.3 Å². The predicted molar refractivity (Wildman–Crippen MR) is 66.1 cm³/mol. The summed E-state index contributed by atoms with van der Waals surface area (Å²) >= 11 is 0. The highest BCUT2D eigenvalue weighted by molar-refractivity contribution is 5.02. The second-order valence-electron chi connectivity index (χ2n) is 3.93. The SMILES string of the molecule is CC.C[C@H](OCc1ccccn1)C(C)(C)O. The lowest BCUT2D eigenvalue weighted by Crippen LogP contribution is -2.35. The summed E-state index contributed by atoms with van der Waals surface area (Å²) in [6.45, 7) is 9.75. The fourth-order valence-electron chi connectivity index (χ4n) is 0.898. The third-order valence-electron chi connectivity index (χ3n) is 2.20. The maximum Gasteiger partial charge on any atom is 0.0892 e. The minimum absolute atomic E-state index is 0.204. The lowest BCUT2D eigenvalue weighted by molar-refractivity contribution is -0.0857. The van der Waals surface area contributed by atoms with Crippen molar-refractivity contribution in [2.24, 2.45) is 0 Å². The molecular weight excluding hydrogens is 202 g/mol. The molecule has 0 aliphatic heterocycles. The van der Waals surface area contributed by atoms with Crippen LogP contribution >= 0.6 is 0 Å². The second-order valence-corrected chi connectivity index (χ2v) is 3.93. The first kappa shape index (κ1) is 15.1. The van der Waals surface area contributed by atoms with Gasteiger partial charge in [0.05, 0.1) is 24.0 Å². The van der Waals surface area contributed by atoms with Crippen LogP contribution in [0, 0.1) is 0 Å². The van der Waals surface area contributed by atoms with E-state index in [4.69, 9.17) is 4.74 Å². The van der Waals surface area contributed by atoms with Crippen LogP contribution in [0.25, 0.3) is 0 Å². The molecule has 0 amide bonds. The van der Waals surface area contributed by atoms with E-state index in [2.05, 4.69) is 4.98 Å². The molecule has 16 heavy (non-hydrogen) atoms. The summed E-state index contributed by atoms with van der Waals surface area (Å²) in [5.74, 6) is 0. The van der Waals surface area contributed by atoms with E-state index in [-0.39, 0.29) is 6.10 Å². The topological polar surface area (TPSA) is 42.4 Å². The highest BCUT2D eigenvalue weighted by atomic mass is 16.5. The molecule has 1 N–H and O–H groups in total. The average molecular weight is 225 g/mol. The quantitative estimate of drug-likeness (QED) is 0.856. The Morgan fingerprint density at radius 3 is 2.44 bits per heavy atom. The molecule has 0 bridgehead atoms. The number of hydrogen-bond donors (Lipinski definition) is 1. The smallest absolute Gasteiger partial charge is 0.0892 e. The highest BCUT2D eigenvalue weighted by Crippen LogP contribution is 2.13. The molecule has 0 spiro atoms. The minimum Gasteiger partial charge on any atom is -0.388 e.